The SMILES string of the molecule is CC[C@@H](C)NC(=O)[C@H](Cc1ccccc1)N(Cc1c(Cl)cccc1Cl)C(=O)CN(c1cc(C)ccc1OC)S(=O)(=O)c1ccccc1. The fraction of sp³-hybridized carbons (Fsp3) is 0.278. The second-order valence-corrected chi connectivity index (χ2v) is 13.9. The second-order valence-electron chi connectivity index (χ2n) is 11.2. The summed E-state index contributed by atoms with van der Waals surface area (Å²) >= 11 is 13.2. The number of halogens is 2. The fourth-order valence-electron chi connectivity index (χ4n) is 5.08. The molecule has 248 valence electrons. The number of carbonyl (C=O) groups excluding carboxylic acids is 2. The number of ether oxygens (including phenoxy) is 1. The van der Waals surface area contributed by atoms with Crippen LogP contribution in [0.2, 0.25) is 10.0 Å². The van der Waals surface area contributed by atoms with Crippen LogP contribution in [0.4, 0.5) is 5.69 Å². The molecule has 8 nitrogen and oxygen atoms in total. The maximum atomic E-state index is 14.7. The molecule has 4 aromatic rings. The number of aryl methyl sites for hydroxylation is 1. The average molecular weight is 697 g/mol. The Morgan fingerprint density at radius 3 is 2.11 bits per heavy atom. The fourth-order valence-corrected chi connectivity index (χ4v) is 7.03. The van der Waals surface area contributed by atoms with E-state index < -0.39 is 28.5 Å². The Hall–Kier alpha value is -4.05. The van der Waals surface area contributed by atoms with Crippen LogP contribution in [0.15, 0.2) is 102 Å². The number of anilines is 1. The molecule has 2 amide bonds. The predicted molar refractivity (Wildman–Crippen MR) is 188 cm³/mol. The maximum Gasteiger partial charge on any atom is 0.264 e. The molecule has 0 saturated carbocycles. The van der Waals surface area contributed by atoms with Gasteiger partial charge < -0.3 is 15.0 Å². The molecule has 1 N–H and O–H groups in total. The number of rotatable bonds is 14. The lowest BCUT2D eigenvalue weighted by Crippen LogP contribution is -2.54. The summed E-state index contributed by atoms with van der Waals surface area (Å²) in [7, 11) is -2.86. The number of amides is 2. The van der Waals surface area contributed by atoms with Crippen molar-refractivity contribution in [2.45, 2.75) is 57.1 Å². The standard InChI is InChI=1S/C36H39Cl2N3O5S/c1-5-26(3)39-36(43)33(22-27-13-8-6-9-14-27)40(23-29-30(37)17-12-18-31(29)38)35(42)24-41(32-21-25(2)19-20-34(32)46-4)47(44,45)28-15-10-7-11-16-28/h6-21,26,33H,5,22-24H2,1-4H3,(H,39,43)/t26-,33+/m1/s1. The van der Waals surface area contributed by atoms with E-state index in [4.69, 9.17) is 27.9 Å². The van der Waals surface area contributed by atoms with Crippen LogP contribution < -0.4 is 14.4 Å². The van der Waals surface area contributed by atoms with E-state index in [0.29, 0.717) is 22.0 Å². The molecule has 4 rings (SSSR count). The summed E-state index contributed by atoms with van der Waals surface area (Å²) in [5.41, 5.74) is 2.19. The van der Waals surface area contributed by atoms with E-state index >= 15 is 0 Å². The summed E-state index contributed by atoms with van der Waals surface area (Å²) in [4.78, 5) is 30.1. The van der Waals surface area contributed by atoms with Crippen LogP contribution in [0.1, 0.15) is 37.0 Å². The van der Waals surface area contributed by atoms with Gasteiger partial charge in [0.05, 0.1) is 17.7 Å². The normalized spacial score (nSPS) is 12.6. The van der Waals surface area contributed by atoms with Crippen molar-refractivity contribution < 1.29 is 22.7 Å². The quantitative estimate of drug-likeness (QED) is 0.152. The van der Waals surface area contributed by atoms with E-state index in [9.17, 15) is 18.0 Å². The minimum absolute atomic E-state index is 0.00703. The van der Waals surface area contributed by atoms with Crippen molar-refractivity contribution in [2.75, 3.05) is 18.0 Å². The molecule has 0 saturated heterocycles. The number of hydrogen-bond donors (Lipinski definition) is 1. The van der Waals surface area contributed by atoms with Gasteiger partial charge >= 0.3 is 0 Å². The Kier molecular flexibility index (Phi) is 12.3. The summed E-state index contributed by atoms with van der Waals surface area (Å²) in [6.45, 7) is 4.87. The van der Waals surface area contributed by atoms with E-state index in [1.54, 1.807) is 54.6 Å². The molecule has 0 bridgehead atoms. The molecule has 4 aromatic carbocycles. The number of sulfonamides is 1. The highest BCUT2D eigenvalue weighted by molar-refractivity contribution is 7.92. The van der Waals surface area contributed by atoms with Crippen LogP contribution in [-0.2, 0) is 32.6 Å². The minimum atomic E-state index is -4.30. The lowest BCUT2D eigenvalue weighted by molar-refractivity contribution is -0.140. The van der Waals surface area contributed by atoms with E-state index in [1.807, 2.05) is 51.1 Å². The summed E-state index contributed by atoms with van der Waals surface area (Å²) in [5.74, 6) is -0.756. The number of benzene rings is 4. The molecule has 0 fully saturated rings. The number of nitrogens with zero attached hydrogens (tertiary/aromatic N) is 2. The first-order valence-electron chi connectivity index (χ1n) is 15.2. The predicted octanol–water partition coefficient (Wildman–Crippen LogP) is 7.06. The van der Waals surface area contributed by atoms with Crippen molar-refractivity contribution in [1.29, 1.82) is 0 Å². The molecule has 11 heteroatoms. The third-order valence-electron chi connectivity index (χ3n) is 7.88. The van der Waals surface area contributed by atoms with Crippen LogP contribution in [0.5, 0.6) is 5.75 Å². The van der Waals surface area contributed by atoms with Gasteiger partial charge in [0.15, 0.2) is 0 Å². The van der Waals surface area contributed by atoms with Gasteiger partial charge in [0.25, 0.3) is 10.0 Å². The smallest absolute Gasteiger partial charge is 0.264 e. The van der Waals surface area contributed by atoms with Gasteiger partial charge in [-0.1, -0.05) is 90.8 Å². The van der Waals surface area contributed by atoms with Crippen LogP contribution in [0.25, 0.3) is 0 Å². The van der Waals surface area contributed by atoms with Gasteiger partial charge in [0.1, 0.15) is 18.3 Å². The number of carbonyl (C=O) groups is 2. The van der Waals surface area contributed by atoms with Crippen LogP contribution in [0, 0.1) is 6.92 Å². The van der Waals surface area contributed by atoms with Crippen molar-refractivity contribution in [3.8, 4) is 5.75 Å². The summed E-state index contributed by atoms with van der Waals surface area (Å²) in [6.07, 6.45) is 0.834. The zero-order valence-corrected chi connectivity index (χ0v) is 29.1. The molecular formula is C36H39Cl2N3O5S. The molecule has 2 atom stereocenters. The Morgan fingerprint density at radius 2 is 1.51 bits per heavy atom. The molecule has 0 heterocycles. The van der Waals surface area contributed by atoms with Gasteiger partial charge in [-0.2, -0.15) is 0 Å². The topological polar surface area (TPSA) is 96.0 Å². The summed E-state index contributed by atoms with van der Waals surface area (Å²) in [5, 5.41) is 3.64. The van der Waals surface area contributed by atoms with Gasteiger partial charge in [-0.25, -0.2) is 8.42 Å². The number of nitrogens with one attached hydrogen (secondary N) is 1. The molecule has 0 aliphatic heterocycles. The van der Waals surface area contributed by atoms with Crippen molar-refractivity contribution in [2.24, 2.45) is 0 Å². The lowest BCUT2D eigenvalue weighted by atomic mass is 10.0. The van der Waals surface area contributed by atoms with Gasteiger partial charge in [0.2, 0.25) is 11.8 Å². The number of hydrogen-bond acceptors (Lipinski definition) is 5. The Labute approximate surface area is 287 Å². The van der Waals surface area contributed by atoms with Crippen molar-refractivity contribution >= 4 is 50.7 Å². The first-order chi connectivity index (χ1) is 22.5. The zero-order valence-electron chi connectivity index (χ0n) is 26.8. The summed E-state index contributed by atoms with van der Waals surface area (Å²) < 4.78 is 35.2. The molecule has 0 aliphatic carbocycles. The first kappa shape index (κ1) is 35.8. The van der Waals surface area contributed by atoms with Crippen molar-refractivity contribution in [3.63, 3.8) is 0 Å². The van der Waals surface area contributed by atoms with Gasteiger partial charge in [-0.15, -0.1) is 0 Å². The van der Waals surface area contributed by atoms with Gasteiger partial charge in [-0.3, -0.25) is 13.9 Å². The average Bonchev–Trinajstić information content (AvgIpc) is 3.06. The van der Waals surface area contributed by atoms with Crippen LogP contribution in [-0.4, -0.2) is 50.9 Å². The third kappa shape index (κ3) is 8.86. The van der Waals surface area contributed by atoms with E-state index in [2.05, 4.69) is 5.32 Å². The zero-order chi connectivity index (χ0) is 34.1. The molecule has 0 aromatic heterocycles. The second kappa shape index (κ2) is 16.2. The maximum absolute atomic E-state index is 14.7. The summed E-state index contributed by atoms with van der Waals surface area (Å²) in [6, 6.07) is 26.1. The van der Waals surface area contributed by atoms with Gasteiger partial charge in [0, 0.05) is 34.6 Å². The van der Waals surface area contributed by atoms with Crippen LogP contribution >= 0.6 is 23.2 Å². The van der Waals surface area contributed by atoms with Crippen molar-refractivity contribution in [1.82, 2.24) is 10.2 Å². The van der Waals surface area contributed by atoms with Crippen LogP contribution in [0.3, 0.4) is 0 Å². The van der Waals surface area contributed by atoms with E-state index in [-0.39, 0.29) is 41.2 Å². The molecule has 47 heavy (non-hydrogen) atoms. The molecule has 0 radical (unpaired) electrons. The lowest BCUT2D eigenvalue weighted by Gasteiger charge is -2.35. The molecule has 0 spiro atoms. The number of methoxy groups -OCH3 is 1. The Bertz CT molecular complexity index is 1770. The molecular weight excluding hydrogens is 657 g/mol. The molecule has 0 aliphatic rings. The molecule has 0 unspecified atom stereocenters. The largest absolute Gasteiger partial charge is 0.495 e. The van der Waals surface area contributed by atoms with E-state index in [1.165, 1.54) is 24.1 Å². The highest BCUT2D eigenvalue weighted by Crippen LogP contribution is 2.34. The minimum Gasteiger partial charge on any atom is -0.495 e. The van der Waals surface area contributed by atoms with E-state index in [0.717, 1.165) is 15.4 Å². The van der Waals surface area contributed by atoms with Crippen molar-refractivity contribution in [3.05, 3.63) is 124 Å². The third-order valence-corrected chi connectivity index (χ3v) is 10.4. The Balaban J connectivity index is 1.88. The highest BCUT2D eigenvalue weighted by atomic mass is 35.5. The Morgan fingerprint density at radius 1 is 0.894 bits per heavy atom. The monoisotopic (exact) mass is 695 g/mol. The first-order valence-corrected chi connectivity index (χ1v) is 17.4. The van der Waals surface area contributed by atoms with Gasteiger partial charge in [-0.05, 0) is 67.8 Å². The highest BCUT2D eigenvalue weighted by Gasteiger charge is 2.36.